The van der Waals surface area contributed by atoms with Gasteiger partial charge in [0, 0.05) is 12.3 Å². The molecule has 0 aromatic heterocycles. The molecule has 0 bridgehead atoms. The highest BCUT2D eigenvalue weighted by atomic mass is 19.4. The highest BCUT2D eigenvalue weighted by Gasteiger charge is 2.43. The van der Waals surface area contributed by atoms with Gasteiger partial charge in [-0.3, -0.25) is 9.59 Å². The average Bonchev–Trinajstić information content (AvgIpc) is 2.81. The molecule has 1 aliphatic heterocycles. The van der Waals surface area contributed by atoms with Crippen molar-refractivity contribution < 1.29 is 37.0 Å². The number of esters is 1. The molecule has 1 fully saturated rings. The maximum atomic E-state index is 12.7. The van der Waals surface area contributed by atoms with Crippen molar-refractivity contribution in [3.8, 4) is 0 Å². The van der Waals surface area contributed by atoms with Gasteiger partial charge < -0.3 is 9.47 Å². The van der Waals surface area contributed by atoms with Gasteiger partial charge in [0.05, 0.1) is 12.5 Å². The van der Waals surface area contributed by atoms with Gasteiger partial charge in [-0.2, -0.15) is 13.2 Å². The second-order valence-electron chi connectivity index (χ2n) is 7.74. The van der Waals surface area contributed by atoms with Crippen molar-refractivity contribution in [1.82, 2.24) is 4.90 Å². The molecule has 1 heterocycles. The number of nitrogens with zero attached hydrogens (tertiary/aromatic N) is 1. The quantitative estimate of drug-likeness (QED) is 0.656. The molecule has 2 atom stereocenters. The number of hydrogen-bond acceptors (Lipinski definition) is 5. The third-order valence-corrected chi connectivity index (χ3v) is 3.87. The van der Waals surface area contributed by atoms with E-state index < -0.39 is 61.0 Å². The van der Waals surface area contributed by atoms with Crippen LogP contribution in [0.3, 0.4) is 0 Å². The molecule has 0 radical (unpaired) electrons. The largest absolute Gasteiger partial charge is 0.460 e. The summed E-state index contributed by atoms with van der Waals surface area (Å²) < 4.78 is 47.8. The van der Waals surface area contributed by atoms with E-state index in [0.717, 1.165) is 4.90 Å². The number of carbonyl (C=O) groups is 3. The Hall–Kier alpha value is -1.80. The highest BCUT2D eigenvalue weighted by molar-refractivity contribution is 5.96. The Kier molecular flexibility index (Phi) is 7.07. The molecule has 9 heteroatoms. The number of hydrogen-bond donors (Lipinski definition) is 0. The van der Waals surface area contributed by atoms with Crippen molar-refractivity contribution in [3.05, 3.63) is 0 Å². The van der Waals surface area contributed by atoms with Crippen LogP contribution in [0.15, 0.2) is 0 Å². The summed E-state index contributed by atoms with van der Waals surface area (Å²) in [7, 11) is 0. The fourth-order valence-corrected chi connectivity index (χ4v) is 2.61. The van der Waals surface area contributed by atoms with Crippen LogP contribution in [0.25, 0.3) is 0 Å². The summed E-state index contributed by atoms with van der Waals surface area (Å²) in [5, 5.41) is 0. The van der Waals surface area contributed by atoms with Gasteiger partial charge in [0.1, 0.15) is 12.2 Å². The molecule has 0 aromatic carbocycles. The molecule has 0 saturated carbocycles. The normalized spacial score (nSPS) is 19.5. The molecule has 2 unspecified atom stereocenters. The van der Waals surface area contributed by atoms with Crippen molar-refractivity contribution in [2.45, 2.75) is 71.7 Å². The van der Waals surface area contributed by atoms with Crippen LogP contribution >= 0.6 is 0 Å². The summed E-state index contributed by atoms with van der Waals surface area (Å²) in [6.45, 7) is 8.37. The van der Waals surface area contributed by atoms with E-state index in [4.69, 9.17) is 9.47 Å². The lowest BCUT2D eigenvalue weighted by Gasteiger charge is -2.27. The second kappa shape index (κ2) is 8.26. The van der Waals surface area contributed by atoms with Gasteiger partial charge in [0.25, 0.3) is 0 Å². The predicted octanol–water partition coefficient (Wildman–Crippen LogP) is 3.68. The van der Waals surface area contributed by atoms with Gasteiger partial charge in [-0.05, 0) is 33.1 Å². The van der Waals surface area contributed by atoms with E-state index in [9.17, 15) is 27.6 Å². The SMILES string of the molecule is CC(C)C1COC(=O)N1C(=O)C(CCC(F)(F)F)CC(=O)OC(C)(C)C. The van der Waals surface area contributed by atoms with E-state index in [0.29, 0.717) is 0 Å². The molecular formula is C17H26F3NO5. The minimum atomic E-state index is -4.48. The smallest absolute Gasteiger partial charge is 0.416 e. The predicted molar refractivity (Wildman–Crippen MR) is 86.1 cm³/mol. The lowest BCUT2D eigenvalue weighted by Crippen LogP contribution is -2.45. The number of imide groups is 1. The van der Waals surface area contributed by atoms with Gasteiger partial charge >= 0.3 is 18.2 Å². The zero-order valence-corrected chi connectivity index (χ0v) is 15.7. The molecule has 0 N–H and O–H groups in total. The van der Waals surface area contributed by atoms with E-state index >= 15 is 0 Å². The van der Waals surface area contributed by atoms with Crippen molar-refractivity contribution in [1.29, 1.82) is 0 Å². The first kappa shape index (κ1) is 22.2. The summed E-state index contributed by atoms with van der Waals surface area (Å²) in [6.07, 6.45) is -7.73. The molecular weight excluding hydrogens is 355 g/mol. The van der Waals surface area contributed by atoms with Crippen molar-refractivity contribution in [3.63, 3.8) is 0 Å². The first-order chi connectivity index (χ1) is 11.7. The third-order valence-electron chi connectivity index (χ3n) is 3.87. The summed E-state index contributed by atoms with van der Waals surface area (Å²) in [5.41, 5.74) is -0.832. The van der Waals surface area contributed by atoms with Gasteiger partial charge in [-0.25, -0.2) is 9.69 Å². The van der Waals surface area contributed by atoms with Crippen LogP contribution in [-0.4, -0.2) is 47.3 Å². The Bertz CT molecular complexity index is 539. The summed E-state index contributed by atoms with van der Waals surface area (Å²) >= 11 is 0. The van der Waals surface area contributed by atoms with Gasteiger partial charge in [-0.1, -0.05) is 13.8 Å². The molecule has 1 aliphatic rings. The van der Waals surface area contributed by atoms with Crippen LogP contribution in [0.2, 0.25) is 0 Å². The van der Waals surface area contributed by atoms with E-state index in [1.807, 2.05) is 0 Å². The monoisotopic (exact) mass is 381 g/mol. The highest BCUT2D eigenvalue weighted by Crippen LogP contribution is 2.30. The first-order valence-corrected chi connectivity index (χ1v) is 8.49. The Morgan fingerprint density at radius 3 is 2.31 bits per heavy atom. The van der Waals surface area contributed by atoms with Crippen LogP contribution in [0.4, 0.5) is 18.0 Å². The molecule has 0 aromatic rings. The lowest BCUT2D eigenvalue weighted by molar-refractivity contribution is -0.161. The number of cyclic esters (lactones) is 1. The Labute approximate surface area is 151 Å². The fourth-order valence-electron chi connectivity index (χ4n) is 2.61. The van der Waals surface area contributed by atoms with Crippen LogP contribution in [0.1, 0.15) is 53.9 Å². The lowest BCUT2D eigenvalue weighted by atomic mass is 9.95. The van der Waals surface area contributed by atoms with Gasteiger partial charge in [0.15, 0.2) is 0 Å². The number of carbonyl (C=O) groups excluding carboxylic acids is 3. The van der Waals surface area contributed by atoms with E-state index in [2.05, 4.69) is 0 Å². The van der Waals surface area contributed by atoms with Crippen molar-refractivity contribution in [2.75, 3.05) is 6.61 Å². The van der Waals surface area contributed by atoms with E-state index in [1.165, 1.54) is 0 Å². The molecule has 6 nitrogen and oxygen atoms in total. The minimum absolute atomic E-state index is 0.0132. The standard InChI is InChI=1S/C17H26F3NO5/c1-10(2)12-9-25-15(24)21(12)14(23)11(6-7-17(18,19)20)8-13(22)26-16(3,4)5/h10-12H,6-9H2,1-5H3. The Balaban J connectivity index is 2.96. The molecule has 2 amide bonds. The molecule has 1 saturated heterocycles. The van der Waals surface area contributed by atoms with Crippen LogP contribution in [-0.2, 0) is 19.1 Å². The number of alkyl halides is 3. The number of rotatable bonds is 6. The average molecular weight is 381 g/mol. The van der Waals surface area contributed by atoms with E-state index in [-0.39, 0.29) is 12.5 Å². The maximum Gasteiger partial charge on any atom is 0.416 e. The van der Waals surface area contributed by atoms with Crippen molar-refractivity contribution >= 4 is 18.0 Å². The summed E-state index contributed by atoms with van der Waals surface area (Å²) in [6, 6.07) is -0.568. The molecule has 150 valence electrons. The molecule has 1 rings (SSSR count). The molecule has 26 heavy (non-hydrogen) atoms. The maximum absolute atomic E-state index is 12.7. The van der Waals surface area contributed by atoms with Crippen LogP contribution in [0.5, 0.6) is 0 Å². The first-order valence-electron chi connectivity index (χ1n) is 8.49. The number of halogens is 3. The minimum Gasteiger partial charge on any atom is -0.460 e. The third kappa shape index (κ3) is 6.84. The summed E-state index contributed by atoms with van der Waals surface area (Å²) in [5.74, 6) is -3.05. The van der Waals surface area contributed by atoms with Crippen LogP contribution < -0.4 is 0 Å². The number of amides is 2. The van der Waals surface area contributed by atoms with Crippen LogP contribution in [0, 0.1) is 11.8 Å². The number of ether oxygens (including phenoxy) is 2. The Morgan fingerprint density at radius 2 is 1.85 bits per heavy atom. The van der Waals surface area contributed by atoms with Crippen molar-refractivity contribution in [2.24, 2.45) is 11.8 Å². The van der Waals surface area contributed by atoms with Gasteiger partial charge in [0.2, 0.25) is 5.91 Å². The zero-order chi connectivity index (χ0) is 20.3. The molecule has 0 aliphatic carbocycles. The topological polar surface area (TPSA) is 72.9 Å². The summed E-state index contributed by atoms with van der Waals surface area (Å²) in [4.78, 5) is 37.5. The molecule has 0 spiro atoms. The fraction of sp³-hybridized carbons (Fsp3) is 0.824. The van der Waals surface area contributed by atoms with Gasteiger partial charge in [-0.15, -0.1) is 0 Å². The second-order valence-corrected chi connectivity index (χ2v) is 7.74. The Morgan fingerprint density at radius 1 is 1.27 bits per heavy atom. The zero-order valence-electron chi connectivity index (χ0n) is 15.7. The van der Waals surface area contributed by atoms with E-state index in [1.54, 1.807) is 34.6 Å².